The molecule has 1 unspecified atom stereocenters. The number of hydrogen-bond donors (Lipinski definition) is 2. The lowest BCUT2D eigenvalue weighted by Gasteiger charge is -2.25. The van der Waals surface area contributed by atoms with Gasteiger partial charge in [0.15, 0.2) is 0 Å². The Bertz CT molecular complexity index is 486. The molecule has 1 aliphatic rings. The van der Waals surface area contributed by atoms with E-state index in [9.17, 15) is 14.7 Å². The summed E-state index contributed by atoms with van der Waals surface area (Å²) >= 11 is 0. The fourth-order valence-corrected chi connectivity index (χ4v) is 2.29. The number of carbonyl (C=O) groups is 2. The van der Waals surface area contributed by atoms with Gasteiger partial charge in [-0.05, 0) is 12.0 Å². The number of likely N-dealkylation sites (N-methyl/N-ethyl adjacent to an activating group) is 1. The predicted octanol–water partition coefficient (Wildman–Crippen LogP) is 1.11. The van der Waals surface area contributed by atoms with E-state index in [0.29, 0.717) is 13.2 Å². The van der Waals surface area contributed by atoms with Crippen molar-refractivity contribution in [3.63, 3.8) is 0 Å². The predicted molar refractivity (Wildman–Crippen MR) is 77.1 cm³/mol. The van der Waals surface area contributed by atoms with Gasteiger partial charge in [0.05, 0.1) is 12.6 Å². The van der Waals surface area contributed by atoms with Crippen molar-refractivity contribution in [2.24, 2.45) is 0 Å². The van der Waals surface area contributed by atoms with Gasteiger partial charge >= 0.3 is 12.0 Å². The Hall–Kier alpha value is -2.08. The summed E-state index contributed by atoms with van der Waals surface area (Å²) in [5.41, 5.74) is 0.872. The quantitative estimate of drug-likeness (QED) is 0.852. The van der Waals surface area contributed by atoms with E-state index in [2.05, 4.69) is 5.32 Å². The highest BCUT2D eigenvalue weighted by Gasteiger charge is 2.27. The first-order chi connectivity index (χ1) is 10.1. The Balaban J connectivity index is 1.95. The van der Waals surface area contributed by atoms with E-state index in [1.54, 1.807) is 7.05 Å². The van der Waals surface area contributed by atoms with Crippen molar-refractivity contribution in [3.05, 3.63) is 35.9 Å². The van der Waals surface area contributed by atoms with Crippen molar-refractivity contribution in [3.8, 4) is 0 Å². The molecule has 1 aromatic carbocycles. The molecular formula is C15H20N2O4. The molecule has 1 heterocycles. The molecule has 1 fully saturated rings. The number of carboxylic acid groups (broad SMARTS) is 1. The van der Waals surface area contributed by atoms with Gasteiger partial charge in [0.2, 0.25) is 0 Å². The van der Waals surface area contributed by atoms with Crippen LogP contribution in [0.3, 0.4) is 0 Å². The lowest BCUT2D eigenvalue weighted by atomic mass is 10.1. The van der Waals surface area contributed by atoms with E-state index < -0.39 is 12.0 Å². The molecule has 2 N–H and O–H groups in total. The van der Waals surface area contributed by atoms with Gasteiger partial charge in [-0.3, -0.25) is 0 Å². The van der Waals surface area contributed by atoms with E-state index >= 15 is 0 Å². The molecule has 0 saturated carbocycles. The molecule has 21 heavy (non-hydrogen) atoms. The standard InChI is InChI=1S/C15H20N2O4/c1-17(12-7-8-21-10-12)15(20)16-13(14(18)19)9-11-5-3-2-4-6-11/h2-6,12-13H,7-10H2,1H3,(H,16,20)(H,18,19)/t12?,13-/m0/s1. The molecule has 0 bridgehead atoms. The molecule has 2 rings (SSSR count). The highest BCUT2D eigenvalue weighted by Crippen LogP contribution is 2.11. The first kappa shape index (κ1) is 15.3. The summed E-state index contributed by atoms with van der Waals surface area (Å²) in [6.07, 6.45) is 1.04. The van der Waals surface area contributed by atoms with Crippen molar-refractivity contribution >= 4 is 12.0 Å². The topological polar surface area (TPSA) is 78.9 Å². The van der Waals surface area contributed by atoms with Gasteiger partial charge in [-0.25, -0.2) is 9.59 Å². The average molecular weight is 292 g/mol. The highest BCUT2D eigenvalue weighted by atomic mass is 16.5. The van der Waals surface area contributed by atoms with Crippen LogP contribution in [0.2, 0.25) is 0 Å². The van der Waals surface area contributed by atoms with Crippen LogP contribution in [0.15, 0.2) is 30.3 Å². The number of aliphatic carboxylic acids is 1. The minimum Gasteiger partial charge on any atom is -0.480 e. The number of benzene rings is 1. The molecule has 2 atom stereocenters. The molecule has 0 aliphatic carbocycles. The molecule has 1 aliphatic heterocycles. The second-order valence-corrected chi connectivity index (χ2v) is 5.16. The number of carbonyl (C=O) groups excluding carboxylic acids is 1. The maximum Gasteiger partial charge on any atom is 0.326 e. The largest absolute Gasteiger partial charge is 0.480 e. The van der Waals surface area contributed by atoms with E-state index in [1.807, 2.05) is 30.3 Å². The third kappa shape index (κ3) is 4.19. The maximum atomic E-state index is 12.1. The summed E-state index contributed by atoms with van der Waals surface area (Å²) in [5, 5.41) is 11.8. The van der Waals surface area contributed by atoms with Crippen LogP contribution < -0.4 is 5.32 Å². The molecule has 114 valence electrons. The zero-order valence-electron chi connectivity index (χ0n) is 12.0. The SMILES string of the molecule is CN(C(=O)N[C@@H](Cc1ccccc1)C(=O)O)C1CCOC1. The maximum absolute atomic E-state index is 12.1. The van der Waals surface area contributed by atoms with Crippen LogP contribution in [0.5, 0.6) is 0 Å². The average Bonchev–Trinajstić information content (AvgIpc) is 3.00. The van der Waals surface area contributed by atoms with Crippen LogP contribution in [0, 0.1) is 0 Å². The number of rotatable bonds is 5. The van der Waals surface area contributed by atoms with Gasteiger partial charge in [-0.15, -0.1) is 0 Å². The minimum absolute atomic E-state index is 0.0103. The lowest BCUT2D eigenvalue weighted by Crippen LogP contribution is -2.50. The number of nitrogens with zero attached hydrogens (tertiary/aromatic N) is 1. The number of urea groups is 1. The first-order valence-electron chi connectivity index (χ1n) is 6.95. The van der Waals surface area contributed by atoms with Crippen molar-refractivity contribution in [1.82, 2.24) is 10.2 Å². The molecule has 0 aromatic heterocycles. The zero-order valence-corrected chi connectivity index (χ0v) is 12.0. The van der Waals surface area contributed by atoms with Crippen molar-refractivity contribution in [1.29, 1.82) is 0 Å². The van der Waals surface area contributed by atoms with Gasteiger partial charge in [-0.1, -0.05) is 30.3 Å². The summed E-state index contributed by atoms with van der Waals surface area (Å²) < 4.78 is 5.24. The number of ether oxygens (including phenoxy) is 1. The van der Waals surface area contributed by atoms with Crippen molar-refractivity contribution < 1.29 is 19.4 Å². The van der Waals surface area contributed by atoms with Crippen LogP contribution in [0.4, 0.5) is 4.79 Å². The fraction of sp³-hybridized carbons (Fsp3) is 0.467. The van der Waals surface area contributed by atoms with Crippen molar-refractivity contribution in [2.75, 3.05) is 20.3 Å². The summed E-state index contributed by atoms with van der Waals surface area (Å²) in [6, 6.07) is 7.93. The molecule has 1 saturated heterocycles. The van der Waals surface area contributed by atoms with Crippen LogP contribution >= 0.6 is 0 Å². The normalized spacial score (nSPS) is 19.0. The molecule has 2 amide bonds. The Morgan fingerprint density at radius 1 is 1.43 bits per heavy atom. The Labute approximate surface area is 123 Å². The van der Waals surface area contributed by atoms with E-state index in [4.69, 9.17) is 4.74 Å². The second-order valence-electron chi connectivity index (χ2n) is 5.16. The first-order valence-corrected chi connectivity index (χ1v) is 6.95. The van der Waals surface area contributed by atoms with Crippen LogP contribution in [-0.2, 0) is 16.0 Å². The summed E-state index contributed by atoms with van der Waals surface area (Å²) in [4.78, 5) is 25.0. The van der Waals surface area contributed by atoms with E-state index in [1.165, 1.54) is 4.90 Å². The molecule has 6 nitrogen and oxygen atoms in total. The van der Waals surface area contributed by atoms with Gasteiger partial charge in [0.25, 0.3) is 0 Å². The second kappa shape index (κ2) is 7.08. The number of carboxylic acids is 1. The molecule has 1 aromatic rings. The Morgan fingerprint density at radius 2 is 2.14 bits per heavy atom. The van der Waals surface area contributed by atoms with Crippen molar-refractivity contribution in [2.45, 2.75) is 24.9 Å². The third-order valence-electron chi connectivity index (χ3n) is 3.65. The summed E-state index contributed by atoms with van der Waals surface area (Å²) in [7, 11) is 1.66. The van der Waals surface area contributed by atoms with Crippen LogP contribution in [0.25, 0.3) is 0 Å². The molecular weight excluding hydrogens is 272 g/mol. The van der Waals surface area contributed by atoms with Gasteiger partial charge < -0.3 is 20.1 Å². The summed E-state index contributed by atoms with van der Waals surface area (Å²) in [6.45, 7) is 1.13. The van der Waals surface area contributed by atoms with E-state index in [-0.39, 0.29) is 18.5 Å². The van der Waals surface area contributed by atoms with Gasteiger partial charge in [-0.2, -0.15) is 0 Å². The Kier molecular flexibility index (Phi) is 5.16. The highest BCUT2D eigenvalue weighted by molar-refractivity contribution is 5.82. The Morgan fingerprint density at radius 3 is 2.71 bits per heavy atom. The third-order valence-corrected chi connectivity index (χ3v) is 3.65. The van der Waals surface area contributed by atoms with E-state index in [0.717, 1.165) is 12.0 Å². The number of nitrogens with one attached hydrogen (secondary N) is 1. The lowest BCUT2D eigenvalue weighted by molar-refractivity contribution is -0.139. The monoisotopic (exact) mass is 292 g/mol. The number of amides is 2. The zero-order chi connectivity index (χ0) is 15.2. The van der Waals surface area contributed by atoms with Crippen LogP contribution in [0.1, 0.15) is 12.0 Å². The summed E-state index contributed by atoms with van der Waals surface area (Å²) in [5.74, 6) is -1.04. The van der Waals surface area contributed by atoms with Gasteiger partial charge in [0.1, 0.15) is 6.04 Å². The molecule has 0 spiro atoms. The molecule has 0 radical (unpaired) electrons. The van der Waals surface area contributed by atoms with Gasteiger partial charge in [0, 0.05) is 20.1 Å². The minimum atomic E-state index is -1.04. The fourth-order valence-electron chi connectivity index (χ4n) is 2.29. The smallest absolute Gasteiger partial charge is 0.326 e. The van der Waals surface area contributed by atoms with Crippen LogP contribution in [-0.4, -0.2) is 54.4 Å². The molecule has 6 heteroatoms. The number of hydrogen-bond acceptors (Lipinski definition) is 3.